The van der Waals surface area contributed by atoms with Gasteiger partial charge in [0.25, 0.3) is 17.5 Å². The maximum absolute atomic E-state index is 12.8. The van der Waals surface area contributed by atoms with E-state index in [-0.39, 0.29) is 5.69 Å². The van der Waals surface area contributed by atoms with Crippen molar-refractivity contribution in [1.29, 1.82) is 0 Å². The summed E-state index contributed by atoms with van der Waals surface area (Å²) >= 11 is 0. The fraction of sp³-hybridized carbons (Fsp3) is 0.130. The fourth-order valence-electron chi connectivity index (χ4n) is 2.90. The summed E-state index contributed by atoms with van der Waals surface area (Å²) in [5, 5.41) is 16.5. The normalized spacial score (nSPS) is 10.3. The highest BCUT2D eigenvalue weighted by molar-refractivity contribution is 5.97. The molecule has 0 spiro atoms. The van der Waals surface area contributed by atoms with Gasteiger partial charge in [-0.1, -0.05) is 0 Å². The zero-order chi connectivity index (χ0) is 23.1. The largest absolute Gasteiger partial charge is 0.497 e. The number of nitrogens with one attached hydrogen (secondary N) is 2. The number of nitrogens with zero attached hydrogens (tertiary/aromatic N) is 1. The Morgan fingerprint density at radius 2 is 1.16 bits per heavy atom. The maximum Gasteiger partial charge on any atom is 0.269 e. The number of nitro groups is 1. The molecule has 3 aromatic rings. The highest BCUT2D eigenvalue weighted by atomic mass is 16.6. The molecule has 0 unspecified atom stereocenters. The number of rotatable bonds is 8. The highest BCUT2D eigenvalue weighted by Crippen LogP contribution is 2.19. The Bertz CT molecular complexity index is 1030. The Balaban J connectivity index is 1.84. The van der Waals surface area contributed by atoms with Crippen molar-refractivity contribution in [3.05, 3.63) is 99.6 Å². The van der Waals surface area contributed by atoms with Crippen molar-refractivity contribution >= 4 is 17.5 Å². The van der Waals surface area contributed by atoms with Gasteiger partial charge in [0.05, 0.1) is 19.1 Å². The van der Waals surface area contributed by atoms with E-state index in [0.717, 1.165) is 0 Å². The van der Waals surface area contributed by atoms with Crippen LogP contribution in [-0.2, 0) is 0 Å². The summed E-state index contributed by atoms with van der Waals surface area (Å²) in [7, 11) is 3.04. The Hall–Kier alpha value is -4.40. The number of hydrogen-bond donors (Lipinski definition) is 2. The summed E-state index contributed by atoms with van der Waals surface area (Å²) in [6.45, 7) is 0. The molecule has 9 heteroatoms. The van der Waals surface area contributed by atoms with E-state index in [2.05, 4.69) is 10.6 Å². The third kappa shape index (κ3) is 5.39. The molecule has 0 atom stereocenters. The van der Waals surface area contributed by atoms with Crippen LogP contribution in [-0.4, -0.2) is 31.0 Å². The van der Waals surface area contributed by atoms with Crippen LogP contribution in [0.4, 0.5) is 5.69 Å². The van der Waals surface area contributed by atoms with Crippen molar-refractivity contribution in [2.24, 2.45) is 0 Å². The fourth-order valence-corrected chi connectivity index (χ4v) is 2.90. The van der Waals surface area contributed by atoms with Gasteiger partial charge in [0.1, 0.15) is 17.7 Å². The molecule has 0 heterocycles. The lowest BCUT2D eigenvalue weighted by atomic mass is 10.1. The second-order valence-corrected chi connectivity index (χ2v) is 6.69. The number of carbonyl (C=O) groups is 2. The number of ether oxygens (including phenoxy) is 2. The third-order valence-corrected chi connectivity index (χ3v) is 4.69. The third-order valence-electron chi connectivity index (χ3n) is 4.69. The van der Waals surface area contributed by atoms with Crippen LogP contribution < -0.4 is 20.1 Å². The Kier molecular flexibility index (Phi) is 7.02. The molecular formula is C23H21N3O6. The lowest BCUT2D eigenvalue weighted by Gasteiger charge is -2.21. The molecule has 3 aromatic carbocycles. The van der Waals surface area contributed by atoms with Crippen molar-refractivity contribution in [1.82, 2.24) is 10.6 Å². The quantitative estimate of drug-likeness (QED) is 0.318. The Morgan fingerprint density at radius 3 is 1.50 bits per heavy atom. The van der Waals surface area contributed by atoms with Crippen LogP contribution in [0.2, 0.25) is 0 Å². The van der Waals surface area contributed by atoms with Gasteiger partial charge in [-0.05, 0) is 66.2 Å². The minimum absolute atomic E-state index is 0.101. The molecule has 32 heavy (non-hydrogen) atoms. The van der Waals surface area contributed by atoms with E-state index in [9.17, 15) is 19.7 Å². The number of methoxy groups -OCH3 is 2. The summed E-state index contributed by atoms with van der Waals surface area (Å²) in [6.07, 6.45) is -0.931. The molecule has 0 aliphatic rings. The van der Waals surface area contributed by atoms with E-state index in [1.54, 1.807) is 48.5 Å². The van der Waals surface area contributed by atoms with Crippen LogP contribution in [0.3, 0.4) is 0 Å². The van der Waals surface area contributed by atoms with Crippen LogP contribution in [0.15, 0.2) is 72.8 Å². The number of carbonyl (C=O) groups excluding carboxylic acids is 2. The number of nitro benzene ring substituents is 1. The molecule has 0 aliphatic carbocycles. The van der Waals surface area contributed by atoms with E-state index in [4.69, 9.17) is 9.47 Å². The van der Waals surface area contributed by atoms with Crippen LogP contribution in [0.25, 0.3) is 0 Å². The molecule has 0 bridgehead atoms. The van der Waals surface area contributed by atoms with Crippen molar-refractivity contribution < 1.29 is 24.0 Å². The average molecular weight is 435 g/mol. The van der Waals surface area contributed by atoms with Gasteiger partial charge in [0.2, 0.25) is 0 Å². The van der Waals surface area contributed by atoms with Crippen molar-refractivity contribution in [3.8, 4) is 11.5 Å². The molecule has 0 saturated heterocycles. The predicted octanol–water partition coefficient (Wildman–Crippen LogP) is 3.47. The van der Waals surface area contributed by atoms with Gasteiger partial charge < -0.3 is 20.1 Å². The Labute approximate surface area is 184 Å². The van der Waals surface area contributed by atoms with Crippen molar-refractivity contribution in [2.75, 3.05) is 14.2 Å². The molecule has 164 valence electrons. The zero-order valence-corrected chi connectivity index (χ0v) is 17.4. The monoisotopic (exact) mass is 435 g/mol. The molecular weight excluding hydrogens is 414 g/mol. The topological polar surface area (TPSA) is 120 Å². The van der Waals surface area contributed by atoms with Crippen molar-refractivity contribution in [2.45, 2.75) is 6.17 Å². The molecule has 0 fully saturated rings. The molecule has 0 aliphatic heterocycles. The molecule has 2 N–H and O–H groups in total. The summed E-state index contributed by atoms with van der Waals surface area (Å²) in [5.41, 5.74) is 1.09. The highest BCUT2D eigenvalue weighted by Gasteiger charge is 2.20. The minimum atomic E-state index is -0.931. The SMILES string of the molecule is COc1ccc(C(=O)NC(NC(=O)c2ccc(OC)cc2)c2ccc([N+](=O)[O-])cc2)cc1. The van der Waals surface area contributed by atoms with Crippen LogP contribution >= 0.6 is 0 Å². The predicted molar refractivity (Wildman–Crippen MR) is 117 cm³/mol. The van der Waals surface area contributed by atoms with Crippen LogP contribution in [0.1, 0.15) is 32.4 Å². The maximum atomic E-state index is 12.8. The summed E-state index contributed by atoms with van der Waals surface area (Å²) in [4.78, 5) is 36.0. The molecule has 2 amide bonds. The summed E-state index contributed by atoms with van der Waals surface area (Å²) in [5.74, 6) is 0.319. The van der Waals surface area contributed by atoms with Gasteiger partial charge in [-0.15, -0.1) is 0 Å². The van der Waals surface area contributed by atoms with Gasteiger partial charge in [-0.2, -0.15) is 0 Å². The summed E-state index contributed by atoms with van der Waals surface area (Å²) in [6, 6.07) is 18.5. The second-order valence-electron chi connectivity index (χ2n) is 6.69. The average Bonchev–Trinajstić information content (AvgIpc) is 2.83. The van der Waals surface area contributed by atoms with Gasteiger partial charge in [0, 0.05) is 23.3 Å². The van der Waals surface area contributed by atoms with E-state index < -0.39 is 22.9 Å². The molecule has 9 nitrogen and oxygen atoms in total. The van der Waals surface area contributed by atoms with Gasteiger partial charge >= 0.3 is 0 Å². The molecule has 0 aromatic heterocycles. The number of benzene rings is 3. The first-order chi connectivity index (χ1) is 15.4. The smallest absolute Gasteiger partial charge is 0.269 e. The van der Waals surface area contributed by atoms with Crippen LogP contribution in [0, 0.1) is 10.1 Å². The van der Waals surface area contributed by atoms with Gasteiger partial charge in [0.15, 0.2) is 0 Å². The van der Waals surface area contributed by atoms with Crippen LogP contribution in [0.5, 0.6) is 11.5 Å². The molecule has 0 radical (unpaired) electrons. The number of amides is 2. The first-order valence-corrected chi connectivity index (χ1v) is 9.55. The summed E-state index contributed by atoms with van der Waals surface area (Å²) < 4.78 is 10.2. The van der Waals surface area contributed by atoms with E-state index in [0.29, 0.717) is 28.2 Å². The molecule has 0 saturated carbocycles. The van der Waals surface area contributed by atoms with E-state index in [1.165, 1.54) is 38.5 Å². The minimum Gasteiger partial charge on any atom is -0.497 e. The second kappa shape index (κ2) is 10.1. The standard InChI is InChI=1S/C23H21N3O6/c1-31-19-11-5-16(6-12-19)22(27)24-21(15-3-9-18(10-4-15)26(29)30)25-23(28)17-7-13-20(32-2)14-8-17/h3-14,21H,1-2H3,(H,24,27)(H,25,28). The van der Waals surface area contributed by atoms with Crippen molar-refractivity contribution in [3.63, 3.8) is 0 Å². The number of hydrogen-bond acceptors (Lipinski definition) is 6. The Morgan fingerprint density at radius 1 is 0.750 bits per heavy atom. The molecule has 3 rings (SSSR count). The number of non-ortho nitro benzene ring substituents is 1. The lowest BCUT2D eigenvalue weighted by molar-refractivity contribution is -0.384. The van der Waals surface area contributed by atoms with E-state index >= 15 is 0 Å². The zero-order valence-electron chi connectivity index (χ0n) is 17.4. The lowest BCUT2D eigenvalue weighted by Crippen LogP contribution is -2.41. The van der Waals surface area contributed by atoms with Gasteiger partial charge in [-0.25, -0.2) is 0 Å². The first-order valence-electron chi connectivity index (χ1n) is 9.55. The first kappa shape index (κ1) is 22.3. The van der Waals surface area contributed by atoms with Gasteiger partial charge in [-0.3, -0.25) is 19.7 Å². The van der Waals surface area contributed by atoms with E-state index in [1.807, 2.05) is 0 Å².